The zero-order valence-corrected chi connectivity index (χ0v) is 34.7. The Morgan fingerprint density at radius 3 is 1.66 bits per heavy atom. The number of halogens is 1. The van der Waals surface area contributed by atoms with Gasteiger partial charge in [0.15, 0.2) is 5.82 Å². The average molecular weight is 823 g/mol. The van der Waals surface area contributed by atoms with Gasteiger partial charge in [-0.05, 0) is 117 Å². The molecule has 0 atom stereocenters. The molecular weight excluding hydrogens is 784 g/mol. The van der Waals surface area contributed by atoms with Crippen molar-refractivity contribution in [3.8, 4) is 39.3 Å². The van der Waals surface area contributed by atoms with Crippen molar-refractivity contribution in [2.45, 2.75) is 5.41 Å². The van der Waals surface area contributed by atoms with Crippen molar-refractivity contribution in [2.24, 2.45) is 0 Å². The Morgan fingerprint density at radius 1 is 0.406 bits per heavy atom. The monoisotopic (exact) mass is 822 g/mol. The molecule has 11 aromatic rings. The number of para-hydroxylation sites is 1. The second-order valence-electron chi connectivity index (χ2n) is 16.3. The Morgan fingerprint density at radius 2 is 0.953 bits per heavy atom. The summed E-state index contributed by atoms with van der Waals surface area (Å²) in [6.07, 6.45) is 3.69. The van der Waals surface area contributed by atoms with Crippen molar-refractivity contribution in [3.63, 3.8) is 0 Å². The van der Waals surface area contributed by atoms with Crippen LogP contribution < -0.4 is 4.90 Å². The summed E-state index contributed by atoms with van der Waals surface area (Å²) < 4.78 is 16.6. The topological polar surface area (TPSA) is 34.0 Å². The van der Waals surface area contributed by atoms with E-state index < -0.39 is 5.41 Å². The fourth-order valence-corrected chi connectivity index (χ4v) is 10.0. The van der Waals surface area contributed by atoms with Crippen LogP contribution in [-0.2, 0) is 5.41 Å². The van der Waals surface area contributed by atoms with Crippen LogP contribution >= 0.6 is 0 Å². The number of aromatic nitrogens is 3. The molecule has 9 aromatic carbocycles. The molecule has 0 amide bonds. The Labute approximate surface area is 370 Å². The van der Waals surface area contributed by atoms with Crippen molar-refractivity contribution in [3.05, 3.63) is 265 Å². The van der Waals surface area contributed by atoms with Crippen molar-refractivity contribution in [1.82, 2.24) is 14.5 Å². The third-order valence-electron chi connectivity index (χ3n) is 12.8. The third kappa shape index (κ3) is 5.97. The molecule has 0 spiro atoms. The van der Waals surface area contributed by atoms with E-state index in [2.05, 4.69) is 187 Å². The first kappa shape index (κ1) is 37.4. The van der Waals surface area contributed by atoms with E-state index in [-0.39, 0.29) is 5.82 Å². The highest BCUT2D eigenvalue weighted by atomic mass is 19.1. The molecule has 2 heterocycles. The summed E-state index contributed by atoms with van der Waals surface area (Å²) in [5, 5.41) is 2.27. The first-order chi connectivity index (χ1) is 31.6. The van der Waals surface area contributed by atoms with Gasteiger partial charge in [0.25, 0.3) is 0 Å². The van der Waals surface area contributed by atoms with E-state index >= 15 is 0 Å². The van der Waals surface area contributed by atoms with E-state index in [9.17, 15) is 4.39 Å². The summed E-state index contributed by atoms with van der Waals surface area (Å²) in [6.45, 7) is 0. The molecule has 0 unspecified atom stereocenters. The molecule has 0 bridgehead atoms. The van der Waals surface area contributed by atoms with Gasteiger partial charge < -0.3 is 9.47 Å². The van der Waals surface area contributed by atoms with Crippen LogP contribution in [0.4, 0.5) is 21.5 Å². The number of hydrogen-bond acceptors (Lipinski definition) is 3. The van der Waals surface area contributed by atoms with Gasteiger partial charge in [0.1, 0.15) is 5.82 Å². The standard InChI is InChI=1S/C59H39FN4/c60-45-27-31-47(32-28-45)63(46-29-24-41(25-30-46)40-14-4-1-5-15-40)49-38-61-58(62-39-49)42-26-35-57-53(36-42)52-21-11-13-23-56(52)64(57)48-33-34-51-50-20-10-12-22-54(50)59(55(51)37-48,43-16-6-2-7-17-43)44-18-8-3-9-19-44/h1-39H. The minimum atomic E-state index is -0.502. The van der Waals surface area contributed by atoms with Crippen LogP contribution in [0.25, 0.3) is 61.1 Å². The number of anilines is 3. The zero-order valence-electron chi connectivity index (χ0n) is 34.7. The second kappa shape index (κ2) is 15.2. The molecule has 12 rings (SSSR count). The van der Waals surface area contributed by atoms with Gasteiger partial charge in [-0.25, -0.2) is 14.4 Å². The molecule has 0 radical (unpaired) electrons. The first-order valence-corrected chi connectivity index (χ1v) is 21.6. The number of fused-ring (bicyclic) bond motifs is 6. The second-order valence-corrected chi connectivity index (χ2v) is 16.3. The molecule has 302 valence electrons. The summed E-state index contributed by atoms with van der Waals surface area (Å²) in [5.41, 5.74) is 16.0. The van der Waals surface area contributed by atoms with Crippen LogP contribution in [0.3, 0.4) is 0 Å². The fraction of sp³-hybridized carbons (Fsp3) is 0.0169. The van der Waals surface area contributed by atoms with Gasteiger partial charge in [-0.1, -0.05) is 152 Å². The van der Waals surface area contributed by atoms with E-state index in [1.165, 1.54) is 45.5 Å². The normalized spacial score (nSPS) is 12.6. The van der Waals surface area contributed by atoms with Crippen molar-refractivity contribution in [1.29, 1.82) is 0 Å². The predicted molar refractivity (Wildman–Crippen MR) is 259 cm³/mol. The number of benzene rings is 9. The van der Waals surface area contributed by atoms with Crippen LogP contribution in [0, 0.1) is 5.82 Å². The van der Waals surface area contributed by atoms with Crippen LogP contribution in [0.2, 0.25) is 0 Å². The highest BCUT2D eigenvalue weighted by Gasteiger charge is 2.46. The number of nitrogens with zero attached hydrogens (tertiary/aromatic N) is 4. The maximum atomic E-state index is 14.2. The summed E-state index contributed by atoms with van der Waals surface area (Å²) in [7, 11) is 0. The average Bonchev–Trinajstić information content (AvgIpc) is 3.86. The lowest BCUT2D eigenvalue weighted by Gasteiger charge is -2.34. The molecule has 0 N–H and O–H groups in total. The van der Waals surface area contributed by atoms with E-state index in [1.807, 2.05) is 35.5 Å². The molecular formula is C59H39FN4. The maximum absolute atomic E-state index is 14.2. The SMILES string of the molecule is Fc1ccc(N(c2ccc(-c3ccccc3)cc2)c2cnc(-c3ccc4c(c3)c3ccccc3n4-c3ccc4c(c3)C(c3ccccc3)(c3ccccc3)c3ccccc3-4)nc2)cc1. The third-order valence-corrected chi connectivity index (χ3v) is 12.8. The first-order valence-electron chi connectivity index (χ1n) is 21.6. The van der Waals surface area contributed by atoms with Crippen LogP contribution in [0.5, 0.6) is 0 Å². The van der Waals surface area contributed by atoms with Crippen LogP contribution in [0.15, 0.2) is 237 Å². The fourth-order valence-electron chi connectivity index (χ4n) is 10.0. The van der Waals surface area contributed by atoms with Crippen LogP contribution in [-0.4, -0.2) is 14.5 Å². The molecule has 64 heavy (non-hydrogen) atoms. The summed E-state index contributed by atoms with van der Waals surface area (Å²) in [4.78, 5) is 12.0. The molecule has 4 nitrogen and oxygen atoms in total. The molecule has 1 aliphatic carbocycles. The van der Waals surface area contributed by atoms with Gasteiger partial charge in [0.05, 0.1) is 34.5 Å². The number of hydrogen-bond donors (Lipinski definition) is 0. The lowest BCUT2D eigenvalue weighted by atomic mass is 9.67. The molecule has 2 aromatic heterocycles. The molecule has 1 aliphatic rings. The molecule has 5 heteroatoms. The summed E-state index contributed by atoms with van der Waals surface area (Å²) in [6, 6.07) is 78.1. The lowest BCUT2D eigenvalue weighted by Crippen LogP contribution is -2.28. The van der Waals surface area contributed by atoms with Crippen LogP contribution in [0.1, 0.15) is 22.3 Å². The van der Waals surface area contributed by atoms with Crippen molar-refractivity contribution < 1.29 is 4.39 Å². The van der Waals surface area contributed by atoms with E-state index in [4.69, 9.17) is 9.97 Å². The largest absolute Gasteiger partial charge is 0.309 e. The van der Waals surface area contributed by atoms with Gasteiger partial charge in [-0.2, -0.15) is 0 Å². The lowest BCUT2D eigenvalue weighted by molar-refractivity contribution is 0.628. The Hall–Kier alpha value is -8.41. The minimum Gasteiger partial charge on any atom is -0.309 e. The summed E-state index contributed by atoms with van der Waals surface area (Å²) in [5.74, 6) is 0.326. The highest BCUT2D eigenvalue weighted by molar-refractivity contribution is 6.10. The molecule has 0 saturated carbocycles. The minimum absolute atomic E-state index is 0.291. The smallest absolute Gasteiger partial charge is 0.159 e. The molecule has 0 fully saturated rings. The van der Waals surface area contributed by atoms with E-state index in [0.29, 0.717) is 5.82 Å². The quantitative estimate of drug-likeness (QED) is 0.153. The Kier molecular flexibility index (Phi) is 8.87. The van der Waals surface area contributed by atoms with Gasteiger partial charge >= 0.3 is 0 Å². The van der Waals surface area contributed by atoms with Gasteiger partial charge in [-0.3, -0.25) is 0 Å². The van der Waals surface area contributed by atoms with Gasteiger partial charge in [0.2, 0.25) is 0 Å². The van der Waals surface area contributed by atoms with E-state index in [1.54, 1.807) is 12.1 Å². The molecule has 0 aliphatic heterocycles. The zero-order chi connectivity index (χ0) is 42.6. The van der Waals surface area contributed by atoms with Gasteiger partial charge in [0, 0.05) is 33.4 Å². The Balaban J connectivity index is 0.960. The van der Waals surface area contributed by atoms with Gasteiger partial charge in [-0.15, -0.1) is 0 Å². The Bertz CT molecular complexity index is 3430. The predicted octanol–water partition coefficient (Wildman–Crippen LogP) is 14.9. The van der Waals surface area contributed by atoms with Crippen molar-refractivity contribution in [2.75, 3.05) is 4.90 Å². The highest BCUT2D eigenvalue weighted by Crippen LogP contribution is 2.56. The van der Waals surface area contributed by atoms with E-state index in [0.717, 1.165) is 61.2 Å². The van der Waals surface area contributed by atoms with Crippen molar-refractivity contribution >= 4 is 38.9 Å². The molecule has 0 saturated heterocycles. The summed E-state index contributed by atoms with van der Waals surface area (Å²) >= 11 is 0. The maximum Gasteiger partial charge on any atom is 0.159 e. The number of rotatable bonds is 8.